The van der Waals surface area contributed by atoms with E-state index in [1.807, 2.05) is 11.3 Å². The number of aliphatic hydroxyl groups excluding tert-OH is 1. The van der Waals surface area contributed by atoms with Gasteiger partial charge in [0.15, 0.2) is 0 Å². The van der Waals surface area contributed by atoms with Crippen molar-refractivity contribution in [3.63, 3.8) is 0 Å². The number of aliphatic hydroxyl groups is 1. The second-order valence-electron chi connectivity index (χ2n) is 5.26. The molecule has 2 nitrogen and oxygen atoms in total. The molecule has 102 valence electrons. The molecule has 0 aliphatic heterocycles. The van der Waals surface area contributed by atoms with Crippen molar-refractivity contribution in [1.82, 2.24) is 5.32 Å². The highest BCUT2D eigenvalue weighted by Gasteiger charge is 2.21. The summed E-state index contributed by atoms with van der Waals surface area (Å²) in [5.74, 6) is 0.434. The molecule has 1 aromatic heterocycles. The van der Waals surface area contributed by atoms with Gasteiger partial charge in [0.05, 0.1) is 3.79 Å². The summed E-state index contributed by atoms with van der Waals surface area (Å²) in [6, 6.07) is 2.83. The van der Waals surface area contributed by atoms with Crippen LogP contribution < -0.4 is 5.32 Å². The molecule has 0 aromatic carbocycles. The van der Waals surface area contributed by atoms with Crippen LogP contribution >= 0.6 is 27.3 Å². The van der Waals surface area contributed by atoms with E-state index >= 15 is 0 Å². The molecule has 0 saturated heterocycles. The number of thiophene rings is 1. The fourth-order valence-corrected chi connectivity index (χ4v) is 4.37. The Morgan fingerprint density at radius 1 is 1.61 bits per heavy atom. The van der Waals surface area contributed by atoms with Crippen LogP contribution in [0.2, 0.25) is 0 Å². The Bertz CT molecular complexity index is 380. The van der Waals surface area contributed by atoms with Crippen molar-refractivity contribution in [1.29, 1.82) is 0 Å². The Morgan fingerprint density at radius 2 is 2.44 bits per heavy atom. The number of fused-ring (bicyclic) bond motifs is 1. The van der Waals surface area contributed by atoms with Gasteiger partial charge in [-0.25, -0.2) is 0 Å². The molecule has 1 aliphatic carbocycles. The van der Waals surface area contributed by atoms with E-state index in [1.165, 1.54) is 28.6 Å². The summed E-state index contributed by atoms with van der Waals surface area (Å²) in [4.78, 5) is 1.55. The normalized spacial score (nSPS) is 20.7. The molecule has 2 rings (SSSR count). The van der Waals surface area contributed by atoms with Crippen LogP contribution in [0.25, 0.3) is 0 Å². The van der Waals surface area contributed by atoms with Gasteiger partial charge in [-0.15, -0.1) is 11.3 Å². The van der Waals surface area contributed by atoms with Crippen LogP contribution in [0.1, 0.15) is 49.1 Å². The van der Waals surface area contributed by atoms with Gasteiger partial charge in [0.25, 0.3) is 0 Å². The monoisotopic (exact) mass is 331 g/mol. The average Bonchev–Trinajstić information content (AvgIpc) is 2.75. The van der Waals surface area contributed by atoms with Crippen LogP contribution in [0.5, 0.6) is 0 Å². The van der Waals surface area contributed by atoms with Gasteiger partial charge in [-0.3, -0.25) is 0 Å². The first kappa shape index (κ1) is 14.5. The molecule has 2 N–H and O–H groups in total. The smallest absolute Gasteiger partial charge is 0.0704 e. The summed E-state index contributed by atoms with van der Waals surface area (Å²) in [6.07, 6.45) is 6.05. The van der Waals surface area contributed by atoms with Gasteiger partial charge >= 0.3 is 0 Å². The van der Waals surface area contributed by atoms with E-state index in [4.69, 9.17) is 5.11 Å². The molecule has 1 heterocycles. The number of halogens is 1. The summed E-state index contributed by atoms with van der Waals surface area (Å²) in [6.45, 7) is 3.47. The molecule has 2 atom stereocenters. The molecule has 0 bridgehead atoms. The van der Waals surface area contributed by atoms with Gasteiger partial charge in [-0.1, -0.05) is 6.92 Å². The van der Waals surface area contributed by atoms with Crippen molar-refractivity contribution in [3.05, 3.63) is 20.3 Å². The molecule has 2 unspecified atom stereocenters. The minimum atomic E-state index is 0.311. The Hall–Kier alpha value is 0.100. The van der Waals surface area contributed by atoms with Crippen LogP contribution in [0.3, 0.4) is 0 Å². The predicted molar refractivity (Wildman–Crippen MR) is 81.2 cm³/mol. The maximum absolute atomic E-state index is 8.99. The van der Waals surface area contributed by atoms with E-state index in [0.29, 0.717) is 18.6 Å². The first-order valence-electron chi connectivity index (χ1n) is 6.83. The fraction of sp³-hybridized carbons (Fsp3) is 0.714. The van der Waals surface area contributed by atoms with E-state index in [9.17, 15) is 0 Å². The average molecular weight is 332 g/mol. The van der Waals surface area contributed by atoms with Crippen molar-refractivity contribution in [2.24, 2.45) is 5.92 Å². The first-order valence-corrected chi connectivity index (χ1v) is 8.44. The van der Waals surface area contributed by atoms with Gasteiger partial charge in [0.2, 0.25) is 0 Å². The Balaban J connectivity index is 1.80. The maximum atomic E-state index is 8.99. The molecule has 0 amide bonds. The lowest BCUT2D eigenvalue weighted by Crippen LogP contribution is -2.25. The molecule has 0 fully saturated rings. The lowest BCUT2D eigenvalue weighted by molar-refractivity contribution is 0.227. The maximum Gasteiger partial charge on any atom is 0.0704 e. The molecule has 1 aliphatic rings. The second-order valence-corrected chi connectivity index (χ2v) is 7.77. The summed E-state index contributed by atoms with van der Waals surface area (Å²) >= 11 is 5.48. The van der Waals surface area contributed by atoms with Crippen molar-refractivity contribution in [2.45, 2.75) is 45.1 Å². The zero-order valence-corrected chi connectivity index (χ0v) is 13.3. The van der Waals surface area contributed by atoms with Crippen molar-refractivity contribution in [3.8, 4) is 0 Å². The zero-order valence-electron chi connectivity index (χ0n) is 10.9. The zero-order chi connectivity index (χ0) is 13.0. The Morgan fingerprint density at radius 3 is 3.22 bits per heavy atom. The van der Waals surface area contributed by atoms with E-state index in [2.05, 4.69) is 34.2 Å². The highest BCUT2D eigenvalue weighted by molar-refractivity contribution is 9.11. The fourth-order valence-electron chi connectivity index (χ4n) is 2.55. The van der Waals surface area contributed by atoms with Crippen LogP contribution in [0.15, 0.2) is 9.85 Å². The lowest BCUT2D eigenvalue weighted by Gasteiger charge is -2.24. The Labute approximate surface area is 122 Å². The first-order chi connectivity index (χ1) is 8.70. The standard InChI is InChI=1S/C14H22BrNOS/c1-10(9-17)4-3-7-16-12-5-2-6-13-11(12)8-14(15)18-13/h8,10,12,16-17H,2-7,9H2,1H3. The molecule has 18 heavy (non-hydrogen) atoms. The molecular formula is C14H22BrNOS. The van der Waals surface area contributed by atoms with Crippen LogP contribution in [0, 0.1) is 5.92 Å². The largest absolute Gasteiger partial charge is 0.396 e. The van der Waals surface area contributed by atoms with Crippen molar-refractivity contribution < 1.29 is 5.11 Å². The lowest BCUT2D eigenvalue weighted by atomic mass is 9.94. The molecular weight excluding hydrogens is 310 g/mol. The van der Waals surface area contributed by atoms with Crippen LogP contribution in [-0.4, -0.2) is 18.3 Å². The highest BCUT2D eigenvalue weighted by Crippen LogP contribution is 2.37. The molecule has 0 spiro atoms. The van der Waals surface area contributed by atoms with E-state index < -0.39 is 0 Å². The van der Waals surface area contributed by atoms with Gasteiger partial charge in [-0.05, 0) is 72.1 Å². The van der Waals surface area contributed by atoms with Crippen molar-refractivity contribution in [2.75, 3.05) is 13.2 Å². The summed E-state index contributed by atoms with van der Waals surface area (Å²) in [5.41, 5.74) is 1.51. The molecule has 0 radical (unpaired) electrons. The number of hydrogen-bond acceptors (Lipinski definition) is 3. The predicted octanol–water partition coefficient (Wildman–Crippen LogP) is 3.89. The van der Waals surface area contributed by atoms with Gasteiger partial charge in [0.1, 0.15) is 0 Å². The summed E-state index contributed by atoms with van der Waals surface area (Å²) in [7, 11) is 0. The quantitative estimate of drug-likeness (QED) is 0.775. The van der Waals surface area contributed by atoms with E-state index in [-0.39, 0.29) is 0 Å². The molecule has 0 saturated carbocycles. The van der Waals surface area contributed by atoms with E-state index in [0.717, 1.165) is 19.4 Å². The number of aryl methyl sites for hydroxylation is 1. The molecule has 1 aromatic rings. The van der Waals surface area contributed by atoms with Crippen LogP contribution in [0.4, 0.5) is 0 Å². The van der Waals surface area contributed by atoms with Gasteiger partial charge in [0, 0.05) is 17.5 Å². The molecule has 4 heteroatoms. The summed E-state index contributed by atoms with van der Waals surface area (Å²) < 4.78 is 1.26. The summed E-state index contributed by atoms with van der Waals surface area (Å²) in [5, 5.41) is 12.7. The van der Waals surface area contributed by atoms with Crippen molar-refractivity contribution >= 4 is 27.3 Å². The number of nitrogens with one attached hydrogen (secondary N) is 1. The third-order valence-corrected chi connectivity index (χ3v) is 5.37. The number of hydrogen-bond donors (Lipinski definition) is 2. The van der Waals surface area contributed by atoms with Crippen LogP contribution in [-0.2, 0) is 6.42 Å². The third kappa shape index (κ3) is 3.80. The van der Waals surface area contributed by atoms with E-state index in [1.54, 1.807) is 4.88 Å². The van der Waals surface area contributed by atoms with Gasteiger partial charge in [-0.2, -0.15) is 0 Å². The third-order valence-electron chi connectivity index (χ3n) is 3.66. The topological polar surface area (TPSA) is 32.3 Å². The highest BCUT2D eigenvalue weighted by atomic mass is 79.9. The minimum absolute atomic E-state index is 0.311. The SMILES string of the molecule is CC(CO)CCCNC1CCCc2sc(Br)cc21. The number of rotatable bonds is 6. The van der Waals surface area contributed by atoms with Gasteiger partial charge < -0.3 is 10.4 Å². The minimum Gasteiger partial charge on any atom is -0.396 e. The Kier molecular flexibility index (Phi) is 5.67. The second kappa shape index (κ2) is 7.04.